The third-order valence-corrected chi connectivity index (χ3v) is 12.5. The number of carboxylic acids is 1. The third kappa shape index (κ3) is 5.66. The Bertz CT molecular complexity index is 1500. The van der Waals surface area contributed by atoms with Gasteiger partial charge in [0.15, 0.2) is 0 Å². The number of hydrogen-bond donors (Lipinski definition) is 1. The zero-order valence-corrected chi connectivity index (χ0v) is 26.8. The number of hydrogen-bond acceptors (Lipinski definition) is 6. The van der Waals surface area contributed by atoms with Crippen LogP contribution in [0.25, 0.3) is 10.4 Å². The number of fused-ring (bicyclic) bond motifs is 3. The average Bonchev–Trinajstić information content (AvgIpc) is 3.80. The van der Waals surface area contributed by atoms with Gasteiger partial charge in [-0.3, -0.25) is 9.59 Å². The molecule has 1 aromatic carbocycles. The molecular weight excluding hydrogens is 568 g/mol. The maximum Gasteiger partial charge on any atom is 0.306 e. The maximum absolute atomic E-state index is 14.4. The molecule has 3 aromatic rings. The molecule has 5 saturated carbocycles. The number of thiazole rings is 1. The highest BCUT2D eigenvalue weighted by atomic mass is 32.1. The lowest BCUT2D eigenvalue weighted by Crippen LogP contribution is -2.51. The number of pyridine rings is 1. The van der Waals surface area contributed by atoms with Crippen LogP contribution in [0.15, 0.2) is 48.8 Å². The monoisotopic (exact) mass is 612 g/mol. The lowest BCUT2D eigenvalue weighted by molar-refractivity contribution is -0.144. The molecule has 0 spiro atoms. The summed E-state index contributed by atoms with van der Waals surface area (Å²) in [7, 11) is 4.05. The molecule has 232 valence electrons. The van der Waals surface area contributed by atoms with Gasteiger partial charge in [-0.2, -0.15) is 0 Å². The van der Waals surface area contributed by atoms with Gasteiger partial charge in [0.2, 0.25) is 5.91 Å². The van der Waals surface area contributed by atoms with E-state index in [0.29, 0.717) is 31.6 Å². The molecule has 7 nitrogen and oxygen atoms in total. The van der Waals surface area contributed by atoms with Gasteiger partial charge in [0, 0.05) is 50.6 Å². The van der Waals surface area contributed by atoms with E-state index in [1.807, 2.05) is 25.2 Å². The highest BCUT2D eigenvalue weighted by Gasteiger charge is 2.51. The number of benzene rings is 1. The van der Waals surface area contributed by atoms with E-state index in [0.717, 1.165) is 67.0 Å². The smallest absolute Gasteiger partial charge is 0.306 e. The minimum atomic E-state index is -0.728. The summed E-state index contributed by atoms with van der Waals surface area (Å²) in [6, 6.07) is 12.9. The molecule has 0 unspecified atom stereocenters. The topological polar surface area (TPSA) is 86.6 Å². The predicted molar refractivity (Wildman–Crippen MR) is 175 cm³/mol. The van der Waals surface area contributed by atoms with Crippen molar-refractivity contribution < 1.29 is 14.7 Å². The fourth-order valence-electron chi connectivity index (χ4n) is 8.10. The first kappa shape index (κ1) is 29.5. The van der Waals surface area contributed by atoms with Crippen molar-refractivity contribution in [3.63, 3.8) is 0 Å². The fraction of sp³-hybridized carbons (Fsp3) is 0.556. The molecule has 2 aromatic heterocycles. The Balaban J connectivity index is 1.13. The van der Waals surface area contributed by atoms with Crippen LogP contribution < -0.4 is 9.80 Å². The highest BCUT2D eigenvalue weighted by Crippen LogP contribution is 2.58. The van der Waals surface area contributed by atoms with Crippen molar-refractivity contribution in [2.24, 2.45) is 17.3 Å². The number of amides is 1. The van der Waals surface area contributed by atoms with Gasteiger partial charge in [0.25, 0.3) is 0 Å². The molecule has 8 rings (SSSR count). The Morgan fingerprint density at radius 3 is 2.20 bits per heavy atom. The van der Waals surface area contributed by atoms with Crippen molar-refractivity contribution >= 4 is 34.7 Å². The number of carbonyl (C=O) groups excluding carboxylic acids is 1. The van der Waals surface area contributed by atoms with E-state index < -0.39 is 5.97 Å². The lowest BCUT2D eigenvalue weighted by Gasteiger charge is -2.55. The van der Waals surface area contributed by atoms with Gasteiger partial charge in [-0.05, 0) is 117 Å². The van der Waals surface area contributed by atoms with E-state index in [1.54, 1.807) is 11.3 Å². The summed E-state index contributed by atoms with van der Waals surface area (Å²) in [6.07, 6.45) is 15.7. The van der Waals surface area contributed by atoms with Gasteiger partial charge < -0.3 is 14.9 Å². The Morgan fingerprint density at radius 1 is 0.886 bits per heavy atom. The van der Waals surface area contributed by atoms with E-state index in [-0.39, 0.29) is 28.6 Å². The normalized spacial score (nSPS) is 28.0. The molecule has 0 saturated heterocycles. The summed E-state index contributed by atoms with van der Waals surface area (Å²) >= 11 is 1.78. The van der Waals surface area contributed by atoms with Crippen LogP contribution in [0.2, 0.25) is 0 Å². The van der Waals surface area contributed by atoms with Crippen molar-refractivity contribution in [3.8, 4) is 10.4 Å². The van der Waals surface area contributed by atoms with E-state index in [1.165, 1.54) is 23.4 Å². The molecule has 8 heteroatoms. The number of aliphatic carboxylic acids is 1. The summed E-state index contributed by atoms with van der Waals surface area (Å²) in [5.74, 6) is 0.613. The van der Waals surface area contributed by atoms with Crippen LogP contribution in [0.5, 0.6) is 0 Å². The first-order valence-electron chi connectivity index (χ1n) is 16.5. The number of nitrogens with zero attached hydrogens (tertiary/aromatic N) is 4. The van der Waals surface area contributed by atoms with E-state index >= 15 is 0 Å². The van der Waals surface area contributed by atoms with E-state index in [4.69, 9.17) is 9.97 Å². The van der Waals surface area contributed by atoms with Crippen LogP contribution in [-0.2, 0) is 15.0 Å². The van der Waals surface area contributed by atoms with Crippen LogP contribution in [0, 0.1) is 17.3 Å². The van der Waals surface area contributed by atoms with Gasteiger partial charge in [-0.15, -0.1) is 11.3 Å². The minimum absolute atomic E-state index is 0.103. The summed E-state index contributed by atoms with van der Waals surface area (Å²) in [6.45, 7) is 0.734. The molecule has 44 heavy (non-hydrogen) atoms. The second-order valence-electron chi connectivity index (χ2n) is 14.3. The molecule has 0 atom stereocenters. The quantitative estimate of drug-likeness (QED) is 0.267. The second-order valence-corrected chi connectivity index (χ2v) is 15.3. The second kappa shape index (κ2) is 11.6. The third-order valence-electron chi connectivity index (χ3n) is 11.3. The number of carbonyl (C=O) groups is 2. The highest BCUT2D eigenvalue weighted by molar-refractivity contribution is 7.15. The number of rotatable bonds is 9. The standard InChI is InChI=1S/C36H44N4O3S/c1-39(2)31-13-12-28(21-37-31)36-17-14-35(15-18-36,16-19-36)23-40(33(41)25-8-10-26(11-9-25)34(42)43)29-5-3-4-27(20-29)30-22-38-32(44-30)24-6-7-24/h3-5,12-13,20-22,24-26H,6-11,14-19,23H2,1-2H3,(H,42,43)/t25-,26-,35?,36?. The minimum Gasteiger partial charge on any atom is -0.481 e. The predicted octanol–water partition coefficient (Wildman–Crippen LogP) is 7.66. The molecular formula is C36H44N4O3S. The van der Waals surface area contributed by atoms with Crippen molar-refractivity contribution in [3.05, 3.63) is 59.4 Å². The van der Waals surface area contributed by atoms with Crippen LogP contribution in [0.1, 0.15) is 93.5 Å². The van der Waals surface area contributed by atoms with Crippen molar-refractivity contribution in [2.45, 2.75) is 88.4 Å². The summed E-state index contributed by atoms with van der Waals surface area (Å²) in [5, 5.41) is 10.8. The Labute approximate surface area is 264 Å². The van der Waals surface area contributed by atoms with E-state index in [9.17, 15) is 14.7 Å². The molecule has 0 radical (unpaired) electrons. The van der Waals surface area contributed by atoms with Crippen LogP contribution in [-0.4, -0.2) is 47.6 Å². The summed E-state index contributed by atoms with van der Waals surface area (Å²) < 4.78 is 0. The van der Waals surface area contributed by atoms with Gasteiger partial charge in [-0.25, -0.2) is 9.97 Å². The largest absolute Gasteiger partial charge is 0.481 e. The zero-order valence-electron chi connectivity index (χ0n) is 26.0. The van der Waals surface area contributed by atoms with Crippen molar-refractivity contribution in [1.29, 1.82) is 0 Å². The van der Waals surface area contributed by atoms with Crippen molar-refractivity contribution in [2.75, 3.05) is 30.4 Å². The van der Waals surface area contributed by atoms with E-state index in [2.05, 4.69) is 47.5 Å². The fourth-order valence-corrected chi connectivity index (χ4v) is 9.19. The van der Waals surface area contributed by atoms with Crippen molar-refractivity contribution in [1.82, 2.24) is 9.97 Å². The summed E-state index contributed by atoms with van der Waals surface area (Å²) in [5.41, 5.74) is 3.75. The van der Waals surface area contributed by atoms with Gasteiger partial charge >= 0.3 is 5.97 Å². The van der Waals surface area contributed by atoms with Gasteiger partial charge in [0.05, 0.1) is 15.8 Å². The first-order valence-corrected chi connectivity index (χ1v) is 17.3. The van der Waals surface area contributed by atoms with Crippen LogP contribution >= 0.6 is 11.3 Å². The summed E-state index contributed by atoms with van der Waals surface area (Å²) in [4.78, 5) is 40.8. The number of anilines is 2. The van der Waals surface area contributed by atoms with Crippen LogP contribution in [0.4, 0.5) is 11.5 Å². The average molecular weight is 613 g/mol. The molecule has 5 aliphatic rings. The lowest BCUT2D eigenvalue weighted by atomic mass is 9.52. The number of carboxylic acid groups (broad SMARTS) is 1. The molecule has 2 heterocycles. The van der Waals surface area contributed by atoms with Gasteiger partial charge in [-0.1, -0.05) is 18.2 Å². The number of aromatic nitrogens is 2. The molecule has 5 aliphatic carbocycles. The first-order chi connectivity index (χ1) is 21.2. The molecule has 2 bridgehead atoms. The molecule has 5 fully saturated rings. The van der Waals surface area contributed by atoms with Gasteiger partial charge in [0.1, 0.15) is 5.82 Å². The van der Waals surface area contributed by atoms with Crippen LogP contribution in [0.3, 0.4) is 0 Å². The molecule has 0 aliphatic heterocycles. The maximum atomic E-state index is 14.4. The SMILES string of the molecule is CN(C)c1ccc(C23CCC(CN(c4cccc(-c5cnc(C6CC6)s5)c4)C(=O)[C@H]4CC[C@H](C(=O)O)CC4)(CC2)CC3)cn1. The zero-order chi connectivity index (χ0) is 30.5. The Kier molecular flexibility index (Phi) is 7.76. The molecule has 1 N–H and O–H groups in total. The molecule has 1 amide bonds. The Morgan fingerprint density at radius 2 is 1.59 bits per heavy atom. The Hall–Kier alpha value is -3.26.